The minimum absolute atomic E-state index is 0. The molecule has 0 aliphatic carbocycles. The summed E-state index contributed by atoms with van der Waals surface area (Å²) in [6.07, 6.45) is 0. The number of benzene rings is 1. The molecule has 5 nitrogen and oxygen atoms in total. The van der Waals surface area contributed by atoms with Crippen molar-refractivity contribution in [3.8, 4) is 5.75 Å². The third-order valence-electron chi connectivity index (χ3n) is 2.83. The van der Waals surface area contributed by atoms with Gasteiger partial charge in [-0.1, -0.05) is 35.5 Å². The number of aromatic nitrogens is 3. The number of aryl methyl sites for hydroxylation is 1. The first kappa shape index (κ1) is 18.1. The zero-order valence-corrected chi connectivity index (χ0v) is 14.3. The van der Waals surface area contributed by atoms with Gasteiger partial charge in [0.1, 0.15) is 11.6 Å². The normalized spacial score (nSPS) is 10.3. The van der Waals surface area contributed by atoms with Crippen molar-refractivity contribution in [3.05, 3.63) is 34.6 Å². The van der Waals surface area contributed by atoms with Gasteiger partial charge in [0.05, 0.1) is 18.2 Å². The Balaban J connectivity index is 0.00000220. The van der Waals surface area contributed by atoms with E-state index in [-0.39, 0.29) is 12.4 Å². The molecule has 0 amide bonds. The Bertz CT molecular complexity index is 571. The van der Waals surface area contributed by atoms with Gasteiger partial charge in [0, 0.05) is 12.8 Å². The van der Waals surface area contributed by atoms with E-state index in [9.17, 15) is 0 Å². The van der Waals surface area contributed by atoms with Crippen LogP contribution in [0.25, 0.3) is 0 Å². The number of halogens is 2. The molecule has 0 saturated heterocycles. The Kier molecular flexibility index (Phi) is 7.31. The monoisotopic (exact) mass is 348 g/mol. The zero-order chi connectivity index (χ0) is 14.5. The molecule has 1 heterocycles. The van der Waals surface area contributed by atoms with Crippen molar-refractivity contribution in [1.29, 1.82) is 0 Å². The van der Waals surface area contributed by atoms with Crippen LogP contribution in [0, 0.1) is 6.92 Å². The fourth-order valence-corrected chi connectivity index (χ4v) is 2.75. The highest BCUT2D eigenvalue weighted by Gasteiger charge is 2.08. The molecule has 0 radical (unpaired) electrons. The first-order chi connectivity index (χ1) is 9.63. The maximum Gasteiger partial charge on any atom is 0.191 e. The Morgan fingerprint density at radius 3 is 2.76 bits per heavy atom. The molecule has 8 heteroatoms. The van der Waals surface area contributed by atoms with Gasteiger partial charge in [0.15, 0.2) is 5.16 Å². The van der Waals surface area contributed by atoms with Crippen LogP contribution in [0.3, 0.4) is 0 Å². The molecule has 0 fully saturated rings. The van der Waals surface area contributed by atoms with Gasteiger partial charge in [-0.2, -0.15) is 0 Å². The molecule has 2 rings (SSSR count). The largest absolute Gasteiger partial charge is 0.491 e. The van der Waals surface area contributed by atoms with E-state index < -0.39 is 0 Å². The van der Waals surface area contributed by atoms with E-state index in [2.05, 4.69) is 10.2 Å². The highest BCUT2D eigenvalue weighted by atomic mass is 35.5. The first-order valence-electron chi connectivity index (χ1n) is 6.22. The van der Waals surface area contributed by atoms with Gasteiger partial charge in [-0.3, -0.25) is 0 Å². The van der Waals surface area contributed by atoms with Crippen LogP contribution in [-0.4, -0.2) is 27.1 Å². The summed E-state index contributed by atoms with van der Waals surface area (Å²) in [4.78, 5) is 0. The second kappa shape index (κ2) is 8.48. The van der Waals surface area contributed by atoms with Gasteiger partial charge < -0.3 is 15.0 Å². The summed E-state index contributed by atoms with van der Waals surface area (Å²) in [6, 6.07) is 5.71. The Hall–Kier alpha value is -0.950. The van der Waals surface area contributed by atoms with Gasteiger partial charge in [-0.25, -0.2) is 0 Å². The topological polar surface area (TPSA) is 66.0 Å². The molecule has 0 spiro atoms. The predicted octanol–water partition coefficient (Wildman–Crippen LogP) is 2.83. The maximum atomic E-state index is 6.10. The number of para-hydroxylation sites is 1. The van der Waals surface area contributed by atoms with E-state index in [1.807, 2.05) is 36.7 Å². The van der Waals surface area contributed by atoms with Gasteiger partial charge in [0.25, 0.3) is 0 Å². The van der Waals surface area contributed by atoms with Crippen LogP contribution in [-0.2, 0) is 13.6 Å². The van der Waals surface area contributed by atoms with E-state index in [1.54, 1.807) is 11.8 Å². The molecule has 2 aromatic rings. The molecule has 0 atom stereocenters. The lowest BCUT2D eigenvalue weighted by Gasteiger charge is -2.10. The average molecular weight is 349 g/mol. The highest BCUT2D eigenvalue weighted by Crippen LogP contribution is 2.28. The molecular weight excluding hydrogens is 331 g/mol. The van der Waals surface area contributed by atoms with E-state index in [4.69, 9.17) is 22.1 Å². The molecule has 0 aliphatic rings. The Morgan fingerprint density at radius 1 is 1.38 bits per heavy atom. The minimum atomic E-state index is 0. The van der Waals surface area contributed by atoms with Gasteiger partial charge in [-0.15, -0.1) is 22.6 Å². The molecule has 0 unspecified atom stereocenters. The second-order valence-corrected chi connectivity index (χ2v) is 5.71. The molecule has 0 aliphatic heterocycles. The van der Waals surface area contributed by atoms with Crippen LogP contribution in [0.5, 0.6) is 5.75 Å². The lowest BCUT2D eigenvalue weighted by atomic mass is 10.2. The lowest BCUT2D eigenvalue weighted by molar-refractivity contribution is 0.341. The molecule has 21 heavy (non-hydrogen) atoms. The van der Waals surface area contributed by atoms with Gasteiger partial charge >= 0.3 is 0 Å². The first-order valence-corrected chi connectivity index (χ1v) is 7.59. The second-order valence-electron chi connectivity index (χ2n) is 4.24. The fourth-order valence-electron chi connectivity index (χ4n) is 1.72. The fraction of sp³-hybridized carbons (Fsp3) is 0.385. The Labute approximate surface area is 139 Å². The number of rotatable bonds is 6. The summed E-state index contributed by atoms with van der Waals surface area (Å²) < 4.78 is 7.62. The summed E-state index contributed by atoms with van der Waals surface area (Å²) in [7, 11) is 1.91. The predicted molar refractivity (Wildman–Crippen MR) is 88.6 cm³/mol. The van der Waals surface area contributed by atoms with E-state index >= 15 is 0 Å². The smallest absolute Gasteiger partial charge is 0.191 e. The Morgan fingerprint density at radius 2 is 2.14 bits per heavy atom. The molecule has 116 valence electrons. The van der Waals surface area contributed by atoms with E-state index in [0.717, 1.165) is 28.0 Å². The molecule has 0 saturated carbocycles. The van der Waals surface area contributed by atoms with Gasteiger partial charge in [-0.05, 0) is 18.6 Å². The van der Waals surface area contributed by atoms with Crippen LogP contribution in [0.15, 0.2) is 23.4 Å². The number of thioether (sulfide) groups is 1. The zero-order valence-electron chi connectivity index (χ0n) is 11.9. The molecular formula is C13H18Cl2N4OS. The third-order valence-corrected chi connectivity index (χ3v) is 4.11. The quantitative estimate of drug-likeness (QED) is 0.642. The van der Waals surface area contributed by atoms with Crippen LogP contribution in [0.1, 0.15) is 11.4 Å². The van der Waals surface area contributed by atoms with Crippen molar-refractivity contribution in [2.75, 3.05) is 12.4 Å². The van der Waals surface area contributed by atoms with Crippen molar-refractivity contribution >= 4 is 35.8 Å². The highest BCUT2D eigenvalue weighted by molar-refractivity contribution is 7.99. The van der Waals surface area contributed by atoms with E-state index in [1.165, 1.54) is 0 Å². The van der Waals surface area contributed by atoms with Crippen molar-refractivity contribution in [1.82, 2.24) is 14.8 Å². The number of hydrogen-bond acceptors (Lipinski definition) is 5. The van der Waals surface area contributed by atoms with Crippen molar-refractivity contribution < 1.29 is 4.74 Å². The van der Waals surface area contributed by atoms with Crippen LogP contribution in [0.4, 0.5) is 0 Å². The number of ether oxygens (including phenoxy) is 1. The van der Waals surface area contributed by atoms with Crippen LogP contribution >= 0.6 is 35.8 Å². The standard InChI is InChI=1S/C13H17ClN4OS.ClH/c1-9-4-3-5-10(14)12(9)19-6-7-20-13-17-16-11(8-15)18(13)2;/h3-5H,6-8,15H2,1-2H3;1H. The average Bonchev–Trinajstić information content (AvgIpc) is 2.78. The molecule has 1 aromatic carbocycles. The van der Waals surface area contributed by atoms with E-state index in [0.29, 0.717) is 18.2 Å². The SMILES string of the molecule is Cc1cccc(Cl)c1OCCSc1nnc(CN)n1C.Cl. The van der Waals surface area contributed by atoms with Gasteiger partial charge in [0.2, 0.25) is 0 Å². The third kappa shape index (κ3) is 4.51. The van der Waals surface area contributed by atoms with Crippen LogP contribution < -0.4 is 10.5 Å². The van der Waals surface area contributed by atoms with Crippen molar-refractivity contribution in [3.63, 3.8) is 0 Å². The van der Waals surface area contributed by atoms with Crippen molar-refractivity contribution in [2.24, 2.45) is 12.8 Å². The lowest BCUT2D eigenvalue weighted by Crippen LogP contribution is -2.06. The number of nitrogens with zero attached hydrogens (tertiary/aromatic N) is 3. The van der Waals surface area contributed by atoms with Crippen LogP contribution in [0.2, 0.25) is 5.02 Å². The number of hydrogen-bond donors (Lipinski definition) is 1. The number of nitrogens with two attached hydrogens (primary N) is 1. The summed E-state index contributed by atoms with van der Waals surface area (Å²) in [5.41, 5.74) is 6.59. The maximum absolute atomic E-state index is 6.10. The molecule has 0 bridgehead atoms. The summed E-state index contributed by atoms with van der Waals surface area (Å²) >= 11 is 7.68. The minimum Gasteiger partial charge on any atom is -0.491 e. The summed E-state index contributed by atoms with van der Waals surface area (Å²) in [5, 5.41) is 9.56. The molecule has 2 N–H and O–H groups in total. The molecule has 1 aromatic heterocycles. The van der Waals surface area contributed by atoms with Crippen molar-refractivity contribution in [2.45, 2.75) is 18.6 Å². The summed E-state index contributed by atoms with van der Waals surface area (Å²) in [6.45, 7) is 2.92. The summed E-state index contributed by atoms with van der Waals surface area (Å²) in [5.74, 6) is 2.28.